The van der Waals surface area contributed by atoms with E-state index in [2.05, 4.69) is 22.9 Å². The van der Waals surface area contributed by atoms with Gasteiger partial charge in [-0.15, -0.1) is 0 Å². The van der Waals surface area contributed by atoms with Crippen molar-refractivity contribution in [2.75, 3.05) is 0 Å². The maximum atomic E-state index is 12.0. The Hall–Kier alpha value is -0.630. The monoisotopic (exact) mass is 282 g/mol. The Morgan fingerprint density at radius 2 is 2.00 bits per heavy atom. The Balaban J connectivity index is 2.55. The van der Waals surface area contributed by atoms with Crippen LogP contribution in [0.15, 0.2) is 22.7 Å². The molecular weight excluding hydrogens is 264 g/mol. The second-order valence-electron chi connectivity index (χ2n) is 4.19. The molecule has 0 aliphatic carbocycles. The molecule has 0 amide bonds. The molecule has 0 aliphatic rings. The lowest BCUT2D eigenvalue weighted by Gasteiger charge is -2.05. The van der Waals surface area contributed by atoms with Gasteiger partial charge in [-0.2, -0.15) is 0 Å². The van der Waals surface area contributed by atoms with Crippen LogP contribution in [0.3, 0.4) is 0 Å². The smallest absolute Gasteiger partial charge is 0.163 e. The van der Waals surface area contributed by atoms with Gasteiger partial charge in [-0.1, -0.05) is 48.2 Å². The summed E-state index contributed by atoms with van der Waals surface area (Å²) in [5, 5.41) is 0. The molecule has 0 aromatic heterocycles. The van der Waals surface area contributed by atoms with Gasteiger partial charge in [-0.25, -0.2) is 0 Å². The molecule has 0 atom stereocenters. The fourth-order valence-electron chi connectivity index (χ4n) is 1.74. The number of benzene rings is 1. The number of rotatable bonds is 6. The Labute approximate surface area is 106 Å². The standard InChI is InChI=1S/C14H19BrO/c1-3-4-5-6-7-14(16)13-10-12(15)9-8-11(13)2/h8-10H,3-7H2,1-2H3. The maximum absolute atomic E-state index is 12.0. The summed E-state index contributed by atoms with van der Waals surface area (Å²) >= 11 is 3.41. The van der Waals surface area contributed by atoms with E-state index in [1.54, 1.807) is 0 Å². The van der Waals surface area contributed by atoms with Gasteiger partial charge in [0.15, 0.2) is 5.78 Å². The van der Waals surface area contributed by atoms with Crippen molar-refractivity contribution in [3.05, 3.63) is 33.8 Å². The third-order valence-electron chi connectivity index (χ3n) is 2.76. The molecule has 0 radical (unpaired) electrons. The van der Waals surface area contributed by atoms with Crippen LogP contribution in [0.5, 0.6) is 0 Å². The maximum Gasteiger partial charge on any atom is 0.163 e. The highest BCUT2D eigenvalue weighted by atomic mass is 79.9. The predicted molar refractivity (Wildman–Crippen MR) is 72.0 cm³/mol. The molecular formula is C14H19BrO. The van der Waals surface area contributed by atoms with E-state index in [9.17, 15) is 4.79 Å². The summed E-state index contributed by atoms with van der Waals surface area (Å²) in [6.07, 6.45) is 5.29. The van der Waals surface area contributed by atoms with Crippen LogP contribution in [-0.2, 0) is 0 Å². The van der Waals surface area contributed by atoms with Crippen LogP contribution in [0.2, 0.25) is 0 Å². The second kappa shape index (κ2) is 6.85. The SMILES string of the molecule is CCCCCCC(=O)c1cc(Br)ccc1C. The Morgan fingerprint density at radius 1 is 1.25 bits per heavy atom. The second-order valence-corrected chi connectivity index (χ2v) is 5.11. The molecule has 1 aromatic rings. The number of Topliss-reactive ketones (excluding diaryl/α,β-unsaturated/α-hetero) is 1. The zero-order chi connectivity index (χ0) is 12.0. The summed E-state index contributed by atoms with van der Waals surface area (Å²) in [5.74, 6) is 0.273. The molecule has 0 heterocycles. The van der Waals surface area contributed by atoms with Gasteiger partial charge < -0.3 is 0 Å². The summed E-state index contributed by atoms with van der Waals surface area (Å²) in [6, 6.07) is 5.89. The molecule has 0 fully saturated rings. The van der Waals surface area contributed by atoms with E-state index in [-0.39, 0.29) is 5.78 Å². The highest BCUT2D eigenvalue weighted by molar-refractivity contribution is 9.10. The van der Waals surface area contributed by atoms with Crippen LogP contribution < -0.4 is 0 Å². The molecule has 1 rings (SSSR count). The summed E-state index contributed by atoms with van der Waals surface area (Å²) in [4.78, 5) is 12.0. The molecule has 0 unspecified atom stereocenters. The first-order valence-corrected chi connectivity index (χ1v) is 6.73. The summed E-state index contributed by atoms with van der Waals surface area (Å²) in [6.45, 7) is 4.17. The van der Waals surface area contributed by atoms with Gasteiger partial charge >= 0.3 is 0 Å². The molecule has 88 valence electrons. The van der Waals surface area contributed by atoms with Crippen LogP contribution in [0.25, 0.3) is 0 Å². The minimum Gasteiger partial charge on any atom is -0.294 e. The number of carbonyl (C=O) groups excluding carboxylic acids is 1. The van der Waals surface area contributed by atoms with Crippen molar-refractivity contribution in [1.29, 1.82) is 0 Å². The van der Waals surface area contributed by atoms with Crippen molar-refractivity contribution in [2.45, 2.75) is 46.0 Å². The molecule has 2 heteroatoms. The lowest BCUT2D eigenvalue weighted by molar-refractivity contribution is 0.0978. The lowest BCUT2D eigenvalue weighted by Crippen LogP contribution is -2.01. The van der Waals surface area contributed by atoms with Crippen LogP contribution in [0, 0.1) is 6.92 Å². The number of halogens is 1. The summed E-state index contributed by atoms with van der Waals surface area (Å²) < 4.78 is 0.981. The van der Waals surface area contributed by atoms with Crippen molar-refractivity contribution in [2.24, 2.45) is 0 Å². The lowest BCUT2D eigenvalue weighted by atomic mass is 10.0. The van der Waals surface area contributed by atoms with Crippen LogP contribution in [-0.4, -0.2) is 5.78 Å². The molecule has 0 N–H and O–H groups in total. The quantitative estimate of drug-likeness (QED) is 0.535. The molecule has 1 nitrogen and oxygen atoms in total. The Bertz CT molecular complexity index is 358. The summed E-state index contributed by atoms with van der Waals surface area (Å²) in [7, 11) is 0. The van der Waals surface area contributed by atoms with Gasteiger partial charge in [-0.05, 0) is 31.0 Å². The Morgan fingerprint density at radius 3 is 2.69 bits per heavy atom. The van der Waals surface area contributed by atoms with E-state index in [1.165, 1.54) is 12.8 Å². The number of carbonyl (C=O) groups is 1. The molecule has 0 aliphatic heterocycles. The molecule has 16 heavy (non-hydrogen) atoms. The van der Waals surface area contributed by atoms with Crippen molar-refractivity contribution < 1.29 is 4.79 Å². The fraction of sp³-hybridized carbons (Fsp3) is 0.500. The highest BCUT2D eigenvalue weighted by Gasteiger charge is 2.08. The first-order valence-electron chi connectivity index (χ1n) is 5.94. The van der Waals surface area contributed by atoms with E-state index in [1.807, 2.05) is 25.1 Å². The normalized spacial score (nSPS) is 10.4. The van der Waals surface area contributed by atoms with E-state index >= 15 is 0 Å². The van der Waals surface area contributed by atoms with Gasteiger partial charge in [0.2, 0.25) is 0 Å². The highest BCUT2D eigenvalue weighted by Crippen LogP contribution is 2.18. The average molecular weight is 283 g/mol. The van der Waals surface area contributed by atoms with Gasteiger partial charge in [0, 0.05) is 16.5 Å². The van der Waals surface area contributed by atoms with Crippen LogP contribution >= 0.6 is 15.9 Å². The van der Waals surface area contributed by atoms with Gasteiger partial charge in [0.05, 0.1) is 0 Å². The third kappa shape index (κ3) is 4.09. The number of unbranched alkanes of at least 4 members (excludes halogenated alkanes) is 3. The van der Waals surface area contributed by atoms with Gasteiger partial charge in [-0.3, -0.25) is 4.79 Å². The summed E-state index contributed by atoms with van der Waals surface area (Å²) in [5.41, 5.74) is 1.94. The van der Waals surface area contributed by atoms with Crippen molar-refractivity contribution >= 4 is 21.7 Å². The molecule has 0 saturated heterocycles. The van der Waals surface area contributed by atoms with Gasteiger partial charge in [0.1, 0.15) is 0 Å². The minimum absolute atomic E-state index is 0.273. The van der Waals surface area contributed by atoms with E-state index in [4.69, 9.17) is 0 Å². The number of hydrogen-bond donors (Lipinski definition) is 0. The Kier molecular flexibility index (Phi) is 5.75. The number of hydrogen-bond acceptors (Lipinski definition) is 1. The van der Waals surface area contributed by atoms with E-state index in [0.29, 0.717) is 6.42 Å². The van der Waals surface area contributed by atoms with Crippen LogP contribution in [0.1, 0.15) is 54.9 Å². The van der Waals surface area contributed by atoms with E-state index in [0.717, 1.165) is 28.4 Å². The van der Waals surface area contributed by atoms with Crippen molar-refractivity contribution in [1.82, 2.24) is 0 Å². The fourth-order valence-corrected chi connectivity index (χ4v) is 2.10. The van der Waals surface area contributed by atoms with Crippen molar-refractivity contribution in [3.8, 4) is 0 Å². The van der Waals surface area contributed by atoms with Crippen LogP contribution in [0.4, 0.5) is 0 Å². The first kappa shape index (κ1) is 13.4. The molecule has 0 spiro atoms. The van der Waals surface area contributed by atoms with Crippen molar-refractivity contribution in [3.63, 3.8) is 0 Å². The number of ketones is 1. The first-order chi connectivity index (χ1) is 7.65. The average Bonchev–Trinajstić information content (AvgIpc) is 2.27. The zero-order valence-corrected chi connectivity index (χ0v) is 11.6. The zero-order valence-electron chi connectivity index (χ0n) is 10.1. The molecule has 1 aromatic carbocycles. The number of aryl methyl sites for hydroxylation is 1. The largest absolute Gasteiger partial charge is 0.294 e. The molecule has 0 bridgehead atoms. The topological polar surface area (TPSA) is 17.1 Å². The minimum atomic E-state index is 0.273. The third-order valence-corrected chi connectivity index (χ3v) is 3.25. The predicted octanol–water partition coefficient (Wildman–Crippen LogP) is 4.91. The molecule has 0 saturated carbocycles. The van der Waals surface area contributed by atoms with E-state index < -0.39 is 0 Å². The van der Waals surface area contributed by atoms with Gasteiger partial charge in [0.25, 0.3) is 0 Å².